The largest absolute Gasteiger partial charge is 0.492 e. The van der Waals surface area contributed by atoms with E-state index in [4.69, 9.17) is 17.0 Å². The first-order chi connectivity index (χ1) is 28.0. The summed E-state index contributed by atoms with van der Waals surface area (Å²) in [4.78, 5) is 58.5. The Morgan fingerprint density at radius 1 is 0.983 bits per heavy atom. The smallest absolute Gasteiger partial charge is 0.417 e. The fourth-order valence-electron chi connectivity index (χ4n) is 8.23. The zero-order valence-corrected chi connectivity index (χ0v) is 34.0. The Labute approximate surface area is 346 Å². The summed E-state index contributed by atoms with van der Waals surface area (Å²) < 4.78 is 47.6. The molecule has 2 saturated heterocycles. The molecule has 4 aliphatic rings. The molecule has 310 valence electrons. The van der Waals surface area contributed by atoms with E-state index in [1.807, 2.05) is 43.3 Å². The Kier molecular flexibility index (Phi) is 11.6. The minimum Gasteiger partial charge on any atom is -0.492 e. The molecule has 1 unspecified atom stereocenters. The molecule has 2 heterocycles. The first-order valence-electron chi connectivity index (χ1n) is 19.8. The van der Waals surface area contributed by atoms with Crippen molar-refractivity contribution in [3.63, 3.8) is 0 Å². The predicted octanol–water partition coefficient (Wildman–Crippen LogP) is 6.33. The second-order valence-corrected chi connectivity index (χ2v) is 16.3. The molecule has 4 fully saturated rings. The molecule has 3 aromatic rings. The van der Waals surface area contributed by atoms with Crippen LogP contribution >= 0.6 is 12.2 Å². The van der Waals surface area contributed by atoms with E-state index in [2.05, 4.69) is 20.4 Å². The molecule has 2 amide bonds. The van der Waals surface area contributed by atoms with E-state index in [-0.39, 0.29) is 34.7 Å². The van der Waals surface area contributed by atoms with Gasteiger partial charge in [-0.15, -0.1) is 0 Å². The van der Waals surface area contributed by atoms with Crippen LogP contribution in [0.4, 0.5) is 35.9 Å². The number of amides is 2. The molecule has 2 aliphatic carbocycles. The number of hydrogen-bond donors (Lipinski definition) is 2. The number of Topliss-reactive ketones (excluding diaryl/α,β-unsaturated/α-hetero) is 2. The predicted molar refractivity (Wildman–Crippen MR) is 220 cm³/mol. The van der Waals surface area contributed by atoms with E-state index in [1.54, 1.807) is 30.9 Å². The minimum absolute atomic E-state index is 0.0220. The van der Waals surface area contributed by atoms with Crippen LogP contribution < -0.4 is 25.2 Å². The molecule has 2 saturated carbocycles. The maximum Gasteiger partial charge on any atom is 0.417 e. The molecule has 59 heavy (non-hydrogen) atoms. The molecule has 2 N–H and O–H groups in total. The van der Waals surface area contributed by atoms with Crippen LogP contribution in [-0.2, 0) is 31.8 Å². The zero-order valence-electron chi connectivity index (χ0n) is 33.2. The maximum absolute atomic E-state index is 13.8. The van der Waals surface area contributed by atoms with Crippen LogP contribution in [0.5, 0.6) is 5.75 Å². The quantitative estimate of drug-likeness (QED) is 0.157. The number of nitrogens with zero attached hydrogens (tertiary/aromatic N) is 5. The highest BCUT2D eigenvalue weighted by Crippen LogP contribution is 2.44. The number of alkyl halides is 3. The lowest BCUT2D eigenvalue weighted by molar-refractivity contribution is -0.138. The maximum atomic E-state index is 13.8. The van der Waals surface area contributed by atoms with Crippen LogP contribution in [0, 0.1) is 11.3 Å². The van der Waals surface area contributed by atoms with Crippen LogP contribution in [0.3, 0.4) is 0 Å². The lowest BCUT2D eigenvalue weighted by Gasteiger charge is -2.39. The first kappa shape index (κ1) is 41.8. The number of carbonyl (C=O) groups excluding carboxylic acids is 4. The number of piperazine rings is 1. The van der Waals surface area contributed by atoms with Gasteiger partial charge in [0.2, 0.25) is 5.91 Å². The fourth-order valence-corrected chi connectivity index (χ4v) is 8.75. The molecule has 1 atom stereocenters. The number of halogens is 3. The molecule has 0 spiro atoms. The van der Waals surface area contributed by atoms with E-state index >= 15 is 0 Å². The lowest BCUT2D eigenvalue weighted by atomic mass is 9.93. The van der Waals surface area contributed by atoms with Gasteiger partial charge in [0.1, 0.15) is 29.2 Å². The van der Waals surface area contributed by atoms with Gasteiger partial charge in [-0.3, -0.25) is 33.9 Å². The van der Waals surface area contributed by atoms with E-state index in [1.165, 1.54) is 6.07 Å². The summed E-state index contributed by atoms with van der Waals surface area (Å²) in [6, 6.07) is 17.1. The Balaban J connectivity index is 0.925. The van der Waals surface area contributed by atoms with Crippen molar-refractivity contribution in [1.82, 2.24) is 9.80 Å². The number of rotatable bonds is 12. The van der Waals surface area contributed by atoms with Gasteiger partial charge in [-0.05, 0) is 112 Å². The summed E-state index contributed by atoms with van der Waals surface area (Å²) >= 11 is 5.72. The number of benzene rings is 3. The summed E-state index contributed by atoms with van der Waals surface area (Å²) in [5.74, 6) is -0.00359. The Hall–Kier alpha value is -5.37. The molecule has 7 rings (SSSR count). The van der Waals surface area contributed by atoms with Gasteiger partial charge in [0.15, 0.2) is 10.9 Å². The summed E-state index contributed by atoms with van der Waals surface area (Å²) in [7, 11) is 0. The number of ether oxygens (including phenoxy) is 1. The number of carbonyl (C=O) groups is 4. The minimum atomic E-state index is -4.79. The molecule has 12 nitrogen and oxygen atoms in total. The Morgan fingerprint density at radius 2 is 1.69 bits per heavy atom. The lowest BCUT2D eigenvalue weighted by Crippen LogP contribution is -2.55. The van der Waals surface area contributed by atoms with E-state index in [0.29, 0.717) is 49.5 Å². The Bertz CT molecular complexity index is 2230. The second-order valence-electron chi connectivity index (χ2n) is 16.0. The number of anilines is 4. The van der Waals surface area contributed by atoms with E-state index in [0.717, 1.165) is 67.3 Å². The van der Waals surface area contributed by atoms with Gasteiger partial charge in [-0.25, -0.2) is 0 Å². The first-order valence-corrected chi connectivity index (χ1v) is 20.2. The van der Waals surface area contributed by atoms with E-state index < -0.39 is 40.3 Å². The van der Waals surface area contributed by atoms with Crippen molar-refractivity contribution in [1.29, 1.82) is 5.26 Å². The van der Waals surface area contributed by atoms with Crippen molar-refractivity contribution < 1.29 is 37.1 Å². The van der Waals surface area contributed by atoms with Crippen molar-refractivity contribution in [3.8, 4) is 11.8 Å². The van der Waals surface area contributed by atoms with Crippen molar-refractivity contribution in [3.05, 3.63) is 77.4 Å². The molecule has 2 aliphatic heterocycles. The monoisotopic (exact) mass is 829 g/mol. The average molecular weight is 830 g/mol. The Morgan fingerprint density at radius 3 is 2.36 bits per heavy atom. The van der Waals surface area contributed by atoms with Gasteiger partial charge in [0, 0.05) is 56.2 Å². The number of ketones is 2. The van der Waals surface area contributed by atoms with Crippen molar-refractivity contribution in [2.45, 2.75) is 82.6 Å². The standard InChI is InChI=1S/C43H46F3N7O5S/c1-4-27-22-32(53-40(59)52(39(57)41(53,2)3)31-9-8-28(26-47)34(24-31)43(44,45)46)10-13-37(27)58-21-20-50-16-18-51(19-17-50)42(14-15-42)38(56)49-30-7-5-6-29(23-30)48-35-12-11-33(54)25-36(35)55/h5-10,13,22-24,35,48H,4,11-12,14-21,25H2,1-3H3,(H,49,56). The van der Waals surface area contributed by atoms with Crippen molar-refractivity contribution in [2.24, 2.45) is 0 Å². The van der Waals surface area contributed by atoms with Gasteiger partial charge in [0.25, 0.3) is 5.91 Å². The third-order valence-electron chi connectivity index (χ3n) is 11.8. The van der Waals surface area contributed by atoms with Crippen LogP contribution in [0.15, 0.2) is 60.7 Å². The van der Waals surface area contributed by atoms with Gasteiger partial charge in [-0.2, -0.15) is 18.4 Å². The molecule has 0 bridgehead atoms. The van der Waals surface area contributed by atoms with Crippen LogP contribution in [-0.4, -0.2) is 94.7 Å². The van der Waals surface area contributed by atoms with Crippen LogP contribution in [0.1, 0.15) is 69.6 Å². The van der Waals surface area contributed by atoms with E-state index in [9.17, 15) is 37.6 Å². The number of nitrogens with one attached hydrogen (secondary N) is 2. The third kappa shape index (κ3) is 8.41. The SMILES string of the molecule is CCc1cc(N2C(=S)N(c3ccc(C#N)c(C(F)(F)F)c3)C(=O)C2(C)C)ccc1OCCN1CCN(C2(C(=O)Nc3cccc(NC4CCC(=O)CC4=O)c3)CC2)CC1. The van der Waals surface area contributed by atoms with Crippen molar-refractivity contribution in [2.75, 3.05) is 59.8 Å². The summed E-state index contributed by atoms with van der Waals surface area (Å²) in [6.07, 6.45) is -1.83. The molecular formula is C43H46F3N7O5S. The molecular weight excluding hydrogens is 784 g/mol. The van der Waals surface area contributed by atoms with Gasteiger partial charge in [-0.1, -0.05) is 13.0 Å². The second kappa shape index (κ2) is 16.4. The summed E-state index contributed by atoms with van der Waals surface area (Å²) in [6.45, 7) is 9.40. The molecule has 3 aromatic carbocycles. The van der Waals surface area contributed by atoms with Gasteiger partial charge >= 0.3 is 6.18 Å². The number of thiocarbonyl (C=S) groups is 1. The van der Waals surface area contributed by atoms with Crippen LogP contribution in [0.25, 0.3) is 0 Å². The molecule has 0 radical (unpaired) electrons. The van der Waals surface area contributed by atoms with Crippen molar-refractivity contribution >= 4 is 63.5 Å². The van der Waals surface area contributed by atoms with Gasteiger partial charge in [0.05, 0.1) is 35.3 Å². The highest BCUT2D eigenvalue weighted by molar-refractivity contribution is 7.81. The molecule has 16 heteroatoms. The summed E-state index contributed by atoms with van der Waals surface area (Å²) in [5.41, 5.74) is -0.691. The number of nitriles is 1. The zero-order chi connectivity index (χ0) is 42.3. The number of aryl methyl sites for hydroxylation is 1. The highest BCUT2D eigenvalue weighted by atomic mass is 32.1. The van der Waals surface area contributed by atoms with Gasteiger partial charge < -0.3 is 20.3 Å². The fraction of sp³-hybridized carbons (Fsp3) is 0.442. The third-order valence-corrected chi connectivity index (χ3v) is 12.1. The highest BCUT2D eigenvalue weighted by Gasteiger charge is 2.55. The number of hydrogen-bond acceptors (Lipinski definition) is 10. The molecule has 0 aromatic heterocycles. The topological polar surface area (TPSA) is 138 Å². The average Bonchev–Trinajstić information content (AvgIpc) is 3.99. The normalized spacial score (nSPS) is 20.7. The summed E-state index contributed by atoms with van der Waals surface area (Å²) in [5, 5.41) is 15.6. The van der Waals surface area contributed by atoms with Crippen LogP contribution in [0.2, 0.25) is 0 Å².